The number of hydrogen-bond acceptors (Lipinski definition) is 4. The van der Waals surface area contributed by atoms with Crippen LogP contribution in [0.5, 0.6) is 0 Å². The molecule has 3 aliphatic heterocycles. The van der Waals surface area contributed by atoms with Crippen LogP contribution >= 0.6 is 11.6 Å². The SMILES string of the molecule is CN1CCN(C(=O)C2C3CCC(O3)C2C(=O)Cl)CC1. The van der Waals surface area contributed by atoms with Gasteiger partial charge < -0.3 is 14.5 Å². The molecular weight excluding hydrogens is 268 g/mol. The number of ether oxygens (including phenoxy) is 1. The first kappa shape index (κ1) is 13.3. The zero-order valence-corrected chi connectivity index (χ0v) is 11.8. The molecule has 106 valence electrons. The molecule has 0 aromatic rings. The van der Waals surface area contributed by atoms with Crippen molar-refractivity contribution in [2.24, 2.45) is 11.8 Å². The monoisotopic (exact) mass is 286 g/mol. The molecular formula is C13H19ClN2O3. The number of nitrogens with zero attached hydrogens (tertiary/aromatic N) is 2. The van der Waals surface area contributed by atoms with Crippen LogP contribution in [-0.4, -0.2) is 66.4 Å². The van der Waals surface area contributed by atoms with E-state index >= 15 is 0 Å². The molecule has 3 fully saturated rings. The highest BCUT2D eigenvalue weighted by molar-refractivity contribution is 6.64. The number of hydrogen-bond donors (Lipinski definition) is 0. The average Bonchev–Trinajstić information content (AvgIpc) is 2.98. The first-order valence-electron chi connectivity index (χ1n) is 6.90. The minimum Gasteiger partial charge on any atom is -0.373 e. The van der Waals surface area contributed by atoms with Crippen molar-refractivity contribution >= 4 is 22.8 Å². The molecule has 19 heavy (non-hydrogen) atoms. The summed E-state index contributed by atoms with van der Waals surface area (Å²) in [6.07, 6.45) is 1.47. The van der Waals surface area contributed by atoms with Gasteiger partial charge in [-0.05, 0) is 31.5 Å². The predicted octanol–water partition coefficient (Wildman–Crippen LogP) is 0.319. The molecule has 5 nitrogen and oxygen atoms in total. The van der Waals surface area contributed by atoms with E-state index in [4.69, 9.17) is 16.3 Å². The van der Waals surface area contributed by atoms with Crippen molar-refractivity contribution in [1.29, 1.82) is 0 Å². The highest BCUT2D eigenvalue weighted by Gasteiger charge is 2.55. The zero-order valence-electron chi connectivity index (χ0n) is 11.0. The van der Waals surface area contributed by atoms with Crippen molar-refractivity contribution < 1.29 is 14.3 Å². The summed E-state index contributed by atoms with van der Waals surface area (Å²) in [5.74, 6) is -0.737. The molecule has 0 aromatic heterocycles. The Hall–Kier alpha value is -0.650. The second-order valence-corrected chi connectivity index (χ2v) is 6.15. The number of rotatable bonds is 2. The molecule has 0 aromatic carbocycles. The Kier molecular flexibility index (Phi) is 3.53. The number of carbonyl (C=O) groups excluding carboxylic acids is 2. The Morgan fingerprint density at radius 2 is 1.63 bits per heavy atom. The predicted molar refractivity (Wildman–Crippen MR) is 69.8 cm³/mol. The smallest absolute Gasteiger partial charge is 0.229 e. The number of fused-ring (bicyclic) bond motifs is 2. The van der Waals surface area contributed by atoms with Crippen LogP contribution in [0.3, 0.4) is 0 Å². The van der Waals surface area contributed by atoms with Crippen LogP contribution in [0.15, 0.2) is 0 Å². The van der Waals surface area contributed by atoms with Crippen LogP contribution in [0.2, 0.25) is 0 Å². The standard InChI is InChI=1S/C13H19ClN2O3/c1-15-4-6-16(7-5-15)13(18)11-9-3-2-8(19-9)10(11)12(14)17/h8-11H,2-7H2,1H3. The molecule has 6 heteroatoms. The van der Waals surface area contributed by atoms with Crippen molar-refractivity contribution in [2.75, 3.05) is 33.2 Å². The summed E-state index contributed by atoms with van der Waals surface area (Å²) in [7, 11) is 2.05. The van der Waals surface area contributed by atoms with Gasteiger partial charge in [-0.2, -0.15) is 0 Å². The quantitative estimate of drug-likeness (QED) is 0.686. The lowest BCUT2D eigenvalue weighted by Crippen LogP contribution is -2.52. The van der Waals surface area contributed by atoms with Gasteiger partial charge in [0, 0.05) is 26.2 Å². The van der Waals surface area contributed by atoms with Gasteiger partial charge in [-0.25, -0.2) is 0 Å². The number of halogens is 1. The molecule has 0 N–H and O–H groups in total. The van der Waals surface area contributed by atoms with E-state index in [1.165, 1.54) is 0 Å². The molecule has 0 saturated carbocycles. The zero-order chi connectivity index (χ0) is 13.6. The van der Waals surface area contributed by atoms with Crippen molar-refractivity contribution in [3.05, 3.63) is 0 Å². The summed E-state index contributed by atoms with van der Waals surface area (Å²) in [4.78, 5) is 28.3. The second-order valence-electron chi connectivity index (χ2n) is 5.77. The summed E-state index contributed by atoms with van der Waals surface area (Å²) >= 11 is 5.68. The number of piperazine rings is 1. The Balaban J connectivity index is 1.73. The molecule has 0 radical (unpaired) electrons. The fourth-order valence-electron chi connectivity index (χ4n) is 3.52. The Morgan fingerprint density at radius 1 is 1.05 bits per heavy atom. The molecule has 3 saturated heterocycles. The summed E-state index contributed by atoms with van der Waals surface area (Å²) < 4.78 is 5.73. The first-order valence-corrected chi connectivity index (χ1v) is 7.28. The van der Waals surface area contributed by atoms with E-state index in [-0.39, 0.29) is 24.0 Å². The van der Waals surface area contributed by atoms with Crippen LogP contribution in [0, 0.1) is 11.8 Å². The summed E-state index contributed by atoms with van der Waals surface area (Å²) in [6, 6.07) is 0. The maximum Gasteiger partial charge on any atom is 0.229 e. The van der Waals surface area contributed by atoms with Gasteiger partial charge in [0.1, 0.15) is 0 Å². The molecule has 4 atom stereocenters. The topological polar surface area (TPSA) is 49.9 Å². The number of carbonyl (C=O) groups is 2. The number of likely N-dealkylation sites (N-methyl/N-ethyl adjacent to an activating group) is 1. The van der Waals surface area contributed by atoms with Gasteiger partial charge >= 0.3 is 0 Å². The van der Waals surface area contributed by atoms with Gasteiger partial charge in [-0.15, -0.1) is 0 Å². The fraction of sp³-hybridized carbons (Fsp3) is 0.846. The number of amides is 1. The van der Waals surface area contributed by atoms with Crippen LogP contribution in [-0.2, 0) is 14.3 Å². The summed E-state index contributed by atoms with van der Waals surface area (Å²) in [6.45, 7) is 3.22. The molecule has 3 rings (SSSR count). The van der Waals surface area contributed by atoms with Gasteiger partial charge in [-0.1, -0.05) is 0 Å². The first-order chi connectivity index (χ1) is 9.08. The Labute approximate surface area is 117 Å². The molecule has 0 spiro atoms. The van der Waals surface area contributed by atoms with Crippen molar-refractivity contribution in [3.8, 4) is 0 Å². The van der Waals surface area contributed by atoms with E-state index in [1.807, 2.05) is 11.9 Å². The highest BCUT2D eigenvalue weighted by Crippen LogP contribution is 2.45. The third-order valence-electron chi connectivity index (χ3n) is 4.64. The van der Waals surface area contributed by atoms with Crippen molar-refractivity contribution in [2.45, 2.75) is 25.0 Å². The van der Waals surface area contributed by atoms with Crippen LogP contribution in [0.1, 0.15) is 12.8 Å². The van der Waals surface area contributed by atoms with Gasteiger partial charge in [0.25, 0.3) is 0 Å². The molecule has 0 aliphatic carbocycles. The lowest BCUT2D eigenvalue weighted by atomic mass is 9.79. The molecule has 3 heterocycles. The molecule has 4 unspecified atom stereocenters. The van der Waals surface area contributed by atoms with E-state index in [2.05, 4.69) is 4.90 Å². The largest absolute Gasteiger partial charge is 0.373 e. The van der Waals surface area contributed by atoms with Crippen LogP contribution in [0.25, 0.3) is 0 Å². The summed E-state index contributed by atoms with van der Waals surface area (Å²) in [5, 5.41) is -0.417. The lowest BCUT2D eigenvalue weighted by molar-refractivity contribution is -0.141. The van der Waals surface area contributed by atoms with E-state index in [0.29, 0.717) is 0 Å². The van der Waals surface area contributed by atoms with Gasteiger partial charge in [0.05, 0.1) is 24.0 Å². The van der Waals surface area contributed by atoms with Crippen LogP contribution in [0.4, 0.5) is 0 Å². The van der Waals surface area contributed by atoms with Crippen molar-refractivity contribution in [3.63, 3.8) is 0 Å². The normalized spacial score (nSPS) is 38.7. The Morgan fingerprint density at radius 3 is 2.21 bits per heavy atom. The molecule has 2 bridgehead atoms. The minimum atomic E-state index is -0.437. The van der Waals surface area contributed by atoms with E-state index in [1.54, 1.807) is 0 Å². The van der Waals surface area contributed by atoms with Gasteiger partial charge in [0.2, 0.25) is 11.1 Å². The third-order valence-corrected chi connectivity index (χ3v) is 4.89. The van der Waals surface area contributed by atoms with Crippen molar-refractivity contribution in [1.82, 2.24) is 9.80 Å². The Bertz CT molecular complexity index is 395. The van der Waals surface area contributed by atoms with E-state index < -0.39 is 11.2 Å². The maximum absolute atomic E-state index is 12.6. The highest BCUT2D eigenvalue weighted by atomic mass is 35.5. The fourth-order valence-corrected chi connectivity index (χ4v) is 3.79. The van der Waals surface area contributed by atoms with Gasteiger partial charge in [0.15, 0.2) is 0 Å². The molecule has 1 amide bonds. The summed E-state index contributed by atoms with van der Waals surface area (Å²) in [5.41, 5.74) is 0. The third kappa shape index (κ3) is 2.28. The maximum atomic E-state index is 12.6. The minimum absolute atomic E-state index is 0.0549. The molecule has 3 aliphatic rings. The van der Waals surface area contributed by atoms with Gasteiger partial charge in [-0.3, -0.25) is 9.59 Å². The van der Waals surface area contributed by atoms with E-state index in [0.717, 1.165) is 39.0 Å². The lowest BCUT2D eigenvalue weighted by Gasteiger charge is -2.36. The van der Waals surface area contributed by atoms with E-state index in [9.17, 15) is 9.59 Å². The second kappa shape index (κ2) is 5.04. The average molecular weight is 287 g/mol. The van der Waals surface area contributed by atoms with Crippen LogP contribution < -0.4 is 0 Å².